The van der Waals surface area contributed by atoms with E-state index < -0.39 is 23.3 Å². The van der Waals surface area contributed by atoms with Crippen LogP contribution in [0.5, 0.6) is 5.75 Å². The lowest BCUT2D eigenvalue weighted by Crippen LogP contribution is -2.35. The third-order valence-electron chi connectivity index (χ3n) is 5.97. The average molecular weight is 472 g/mol. The zero-order chi connectivity index (χ0) is 24.5. The molecule has 3 N–H and O–H groups in total. The van der Waals surface area contributed by atoms with Crippen molar-refractivity contribution in [2.75, 3.05) is 30.8 Å². The SMILES string of the molecule is COC(=O)c1ccc([C@H]2CCCN(c3cc(-c4ccccc4O)nnc3N)C2)cc1C(F)(F)F. The zero-order valence-corrected chi connectivity index (χ0v) is 18.3. The Hall–Kier alpha value is -3.82. The molecule has 0 bridgehead atoms. The Kier molecular flexibility index (Phi) is 6.32. The Morgan fingerprint density at radius 2 is 1.94 bits per heavy atom. The van der Waals surface area contributed by atoms with Crippen molar-refractivity contribution in [2.24, 2.45) is 0 Å². The molecule has 1 atom stereocenters. The largest absolute Gasteiger partial charge is 0.507 e. The summed E-state index contributed by atoms with van der Waals surface area (Å²) >= 11 is 0. The van der Waals surface area contributed by atoms with Crippen LogP contribution in [0.2, 0.25) is 0 Å². The minimum Gasteiger partial charge on any atom is -0.507 e. The van der Waals surface area contributed by atoms with Crippen LogP contribution < -0.4 is 10.6 Å². The number of methoxy groups -OCH3 is 1. The van der Waals surface area contributed by atoms with E-state index in [0.29, 0.717) is 42.0 Å². The van der Waals surface area contributed by atoms with Crippen molar-refractivity contribution in [1.29, 1.82) is 0 Å². The number of nitrogens with two attached hydrogens (primary N) is 1. The summed E-state index contributed by atoms with van der Waals surface area (Å²) < 4.78 is 45.5. The number of hydrogen-bond acceptors (Lipinski definition) is 7. The van der Waals surface area contributed by atoms with E-state index in [1.165, 1.54) is 12.1 Å². The summed E-state index contributed by atoms with van der Waals surface area (Å²) in [6, 6.07) is 12.2. The van der Waals surface area contributed by atoms with Crippen molar-refractivity contribution >= 4 is 17.5 Å². The molecule has 1 aliphatic heterocycles. The van der Waals surface area contributed by atoms with Crippen LogP contribution in [0, 0.1) is 0 Å². The minimum absolute atomic E-state index is 0.0504. The number of nitrogen functional groups attached to an aromatic ring is 1. The van der Waals surface area contributed by atoms with Crippen LogP contribution in [0.4, 0.5) is 24.7 Å². The number of aromatic hydroxyl groups is 1. The van der Waals surface area contributed by atoms with Gasteiger partial charge in [0, 0.05) is 24.6 Å². The highest BCUT2D eigenvalue weighted by molar-refractivity contribution is 5.91. The van der Waals surface area contributed by atoms with Gasteiger partial charge in [0.15, 0.2) is 5.82 Å². The summed E-state index contributed by atoms with van der Waals surface area (Å²) in [6.07, 6.45) is -3.30. The molecule has 2 heterocycles. The number of phenols is 1. The van der Waals surface area contributed by atoms with E-state index in [-0.39, 0.29) is 17.5 Å². The Morgan fingerprint density at radius 1 is 1.18 bits per heavy atom. The van der Waals surface area contributed by atoms with Crippen LogP contribution in [-0.4, -0.2) is 41.5 Å². The van der Waals surface area contributed by atoms with E-state index in [4.69, 9.17) is 5.73 Å². The molecule has 3 aromatic rings. The van der Waals surface area contributed by atoms with Gasteiger partial charge in [-0.2, -0.15) is 13.2 Å². The fourth-order valence-corrected chi connectivity index (χ4v) is 4.27. The number of hydrogen-bond donors (Lipinski definition) is 2. The fraction of sp³-hybridized carbons (Fsp3) is 0.292. The van der Waals surface area contributed by atoms with Crippen molar-refractivity contribution in [2.45, 2.75) is 24.9 Å². The number of carbonyl (C=O) groups is 1. The number of halogens is 3. The van der Waals surface area contributed by atoms with Gasteiger partial charge in [0.25, 0.3) is 0 Å². The number of carbonyl (C=O) groups excluding carboxylic acids is 1. The van der Waals surface area contributed by atoms with Crippen LogP contribution in [0.1, 0.15) is 40.2 Å². The first-order chi connectivity index (χ1) is 16.2. The smallest absolute Gasteiger partial charge is 0.417 e. The number of phenolic OH excluding ortho intramolecular Hbond substituents is 1. The van der Waals surface area contributed by atoms with Crippen molar-refractivity contribution in [3.8, 4) is 17.0 Å². The van der Waals surface area contributed by atoms with E-state index in [9.17, 15) is 23.1 Å². The molecule has 1 fully saturated rings. The molecule has 34 heavy (non-hydrogen) atoms. The summed E-state index contributed by atoms with van der Waals surface area (Å²) in [5.74, 6) is -1.01. The van der Waals surface area contributed by atoms with Gasteiger partial charge in [-0.15, -0.1) is 10.2 Å². The molecule has 0 amide bonds. The number of para-hydroxylation sites is 1. The summed E-state index contributed by atoms with van der Waals surface area (Å²) in [6.45, 7) is 1.05. The van der Waals surface area contributed by atoms with Gasteiger partial charge in [-0.25, -0.2) is 4.79 Å². The molecular weight excluding hydrogens is 449 g/mol. The van der Waals surface area contributed by atoms with Gasteiger partial charge in [-0.3, -0.25) is 0 Å². The molecule has 0 radical (unpaired) electrons. The molecule has 2 aromatic carbocycles. The number of rotatable bonds is 4. The van der Waals surface area contributed by atoms with Crippen LogP contribution in [-0.2, 0) is 10.9 Å². The normalized spacial score (nSPS) is 16.4. The lowest BCUT2D eigenvalue weighted by atomic mass is 9.88. The molecule has 0 saturated carbocycles. The number of ether oxygens (including phenoxy) is 1. The van der Waals surface area contributed by atoms with E-state index in [2.05, 4.69) is 14.9 Å². The Balaban J connectivity index is 1.65. The molecule has 1 aromatic heterocycles. The lowest BCUT2D eigenvalue weighted by Gasteiger charge is -2.35. The van der Waals surface area contributed by atoms with Gasteiger partial charge in [0.05, 0.1) is 29.6 Å². The maximum Gasteiger partial charge on any atom is 0.417 e. The summed E-state index contributed by atoms with van der Waals surface area (Å²) in [4.78, 5) is 13.8. The highest BCUT2D eigenvalue weighted by Crippen LogP contribution is 2.38. The molecule has 1 aliphatic rings. The zero-order valence-electron chi connectivity index (χ0n) is 18.3. The molecular formula is C24H23F3N4O3. The van der Waals surface area contributed by atoms with Gasteiger partial charge in [0.1, 0.15) is 5.75 Å². The molecule has 1 saturated heterocycles. The second-order valence-electron chi connectivity index (χ2n) is 8.10. The Labute approximate surface area is 194 Å². The van der Waals surface area contributed by atoms with Crippen molar-refractivity contribution < 1.29 is 27.8 Å². The van der Waals surface area contributed by atoms with Gasteiger partial charge >= 0.3 is 12.1 Å². The van der Waals surface area contributed by atoms with Crippen LogP contribution in [0.3, 0.4) is 0 Å². The van der Waals surface area contributed by atoms with Crippen molar-refractivity contribution in [3.05, 3.63) is 65.2 Å². The topological polar surface area (TPSA) is 102 Å². The van der Waals surface area contributed by atoms with Crippen LogP contribution in [0.25, 0.3) is 11.3 Å². The van der Waals surface area contributed by atoms with Gasteiger partial charge in [-0.1, -0.05) is 18.2 Å². The van der Waals surface area contributed by atoms with E-state index in [0.717, 1.165) is 19.6 Å². The third-order valence-corrected chi connectivity index (χ3v) is 5.97. The van der Waals surface area contributed by atoms with E-state index >= 15 is 0 Å². The Morgan fingerprint density at radius 3 is 2.65 bits per heavy atom. The van der Waals surface area contributed by atoms with E-state index in [1.54, 1.807) is 30.3 Å². The molecule has 4 rings (SSSR count). The minimum atomic E-state index is -4.69. The second-order valence-corrected chi connectivity index (χ2v) is 8.10. The molecule has 10 heteroatoms. The number of esters is 1. The van der Waals surface area contributed by atoms with Crippen LogP contribution >= 0.6 is 0 Å². The first kappa shape index (κ1) is 23.3. The second kappa shape index (κ2) is 9.20. The highest BCUT2D eigenvalue weighted by atomic mass is 19.4. The number of anilines is 2. The number of aromatic nitrogens is 2. The molecule has 0 aliphatic carbocycles. The molecule has 7 nitrogen and oxygen atoms in total. The average Bonchev–Trinajstić information content (AvgIpc) is 2.83. The van der Waals surface area contributed by atoms with Crippen molar-refractivity contribution in [1.82, 2.24) is 10.2 Å². The maximum absolute atomic E-state index is 13.7. The molecule has 178 valence electrons. The van der Waals surface area contributed by atoms with Gasteiger partial charge in [0.2, 0.25) is 0 Å². The molecule has 0 unspecified atom stereocenters. The lowest BCUT2D eigenvalue weighted by molar-refractivity contribution is -0.138. The summed E-state index contributed by atoms with van der Waals surface area (Å²) in [5, 5.41) is 18.3. The monoisotopic (exact) mass is 472 g/mol. The number of benzene rings is 2. The standard InChI is InChI=1S/C24H23F3N4O3/c1-34-23(33)16-9-8-14(11-18(16)24(25,26)27)15-5-4-10-31(13-15)20-12-19(29-30-22(20)28)17-6-2-3-7-21(17)32/h2-3,6-9,11-12,15,32H,4-5,10,13H2,1H3,(H2,28,30)/t15-/m0/s1. The maximum atomic E-state index is 13.7. The highest BCUT2D eigenvalue weighted by Gasteiger charge is 2.37. The first-order valence-electron chi connectivity index (χ1n) is 10.6. The quantitative estimate of drug-likeness (QED) is 0.534. The summed E-state index contributed by atoms with van der Waals surface area (Å²) in [5.41, 5.74) is 6.58. The van der Waals surface area contributed by atoms with Gasteiger partial charge in [-0.05, 0) is 48.7 Å². The van der Waals surface area contributed by atoms with Crippen LogP contribution in [0.15, 0.2) is 48.5 Å². The third kappa shape index (κ3) is 4.61. The number of alkyl halides is 3. The number of piperidine rings is 1. The summed E-state index contributed by atoms with van der Waals surface area (Å²) in [7, 11) is 1.05. The predicted octanol–water partition coefficient (Wildman–Crippen LogP) is 4.62. The Bertz CT molecular complexity index is 1220. The molecule has 0 spiro atoms. The number of nitrogens with zero attached hydrogens (tertiary/aromatic N) is 3. The van der Waals surface area contributed by atoms with E-state index in [1.807, 2.05) is 4.90 Å². The fourth-order valence-electron chi connectivity index (χ4n) is 4.27. The predicted molar refractivity (Wildman–Crippen MR) is 121 cm³/mol. The van der Waals surface area contributed by atoms with Crippen molar-refractivity contribution in [3.63, 3.8) is 0 Å². The first-order valence-corrected chi connectivity index (χ1v) is 10.6. The van der Waals surface area contributed by atoms with Gasteiger partial charge < -0.3 is 20.5 Å².